The van der Waals surface area contributed by atoms with Crippen LogP contribution in [0.15, 0.2) is 18.3 Å². The predicted molar refractivity (Wildman–Crippen MR) is 82.6 cm³/mol. The summed E-state index contributed by atoms with van der Waals surface area (Å²) in [6.45, 7) is 5.46. The zero-order valence-electron chi connectivity index (χ0n) is 13.0. The first-order chi connectivity index (χ1) is 9.97. The molecule has 21 heavy (non-hydrogen) atoms. The van der Waals surface area contributed by atoms with Crippen LogP contribution in [-0.2, 0) is 0 Å². The average Bonchev–Trinajstić information content (AvgIpc) is 2.47. The van der Waals surface area contributed by atoms with E-state index in [9.17, 15) is 9.90 Å². The lowest BCUT2D eigenvalue weighted by Gasteiger charge is -2.35. The molecule has 0 aromatic carbocycles. The van der Waals surface area contributed by atoms with E-state index in [0.717, 1.165) is 18.9 Å². The summed E-state index contributed by atoms with van der Waals surface area (Å²) in [6, 6.07) is 3.68. The Bertz CT molecular complexity index is 465. The molecule has 1 saturated heterocycles. The molecule has 1 aliphatic rings. The highest BCUT2D eigenvalue weighted by molar-refractivity contribution is 5.94. The highest BCUT2D eigenvalue weighted by Gasteiger charge is 2.22. The third-order valence-electron chi connectivity index (χ3n) is 3.63. The van der Waals surface area contributed by atoms with E-state index in [4.69, 9.17) is 0 Å². The number of carbonyl (C=O) groups excluding carboxylic acids is 1. The van der Waals surface area contributed by atoms with Crippen molar-refractivity contribution in [3.63, 3.8) is 0 Å². The van der Waals surface area contributed by atoms with Gasteiger partial charge in [-0.3, -0.25) is 9.69 Å². The zero-order valence-corrected chi connectivity index (χ0v) is 13.0. The molecule has 0 saturated carbocycles. The van der Waals surface area contributed by atoms with E-state index in [1.165, 1.54) is 0 Å². The normalized spacial score (nSPS) is 17.6. The minimum atomic E-state index is -0.324. The van der Waals surface area contributed by atoms with Crippen LogP contribution < -0.4 is 4.90 Å². The number of amides is 1. The monoisotopic (exact) mass is 292 g/mol. The van der Waals surface area contributed by atoms with Gasteiger partial charge in [-0.1, -0.05) is 0 Å². The van der Waals surface area contributed by atoms with Gasteiger partial charge >= 0.3 is 0 Å². The Kier molecular flexibility index (Phi) is 5.14. The van der Waals surface area contributed by atoms with Gasteiger partial charge in [-0.2, -0.15) is 0 Å². The molecule has 1 fully saturated rings. The highest BCUT2D eigenvalue weighted by atomic mass is 16.3. The Morgan fingerprint density at radius 1 is 1.33 bits per heavy atom. The fourth-order valence-corrected chi connectivity index (χ4v) is 2.47. The first-order valence-corrected chi connectivity index (χ1v) is 7.30. The van der Waals surface area contributed by atoms with Crippen LogP contribution in [0.2, 0.25) is 0 Å². The molecule has 1 aromatic rings. The van der Waals surface area contributed by atoms with Crippen LogP contribution in [-0.4, -0.2) is 78.7 Å². The number of pyridine rings is 1. The van der Waals surface area contributed by atoms with E-state index in [1.54, 1.807) is 13.1 Å². The molecule has 6 nitrogen and oxygen atoms in total. The first kappa shape index (κ1) is 15.7. The molecule has 2 heterocycles. The summed E-state index contributed by atoms with van der Waals surface area (Å²) < 4.78 is 0. The van der Waals surface area contributed by atoms with Gasteiger partial charge in [0.25, 0.3) is 5.91 Å². The van der Waals surface area contributed by atoms with Crippen molar-refractivity contribution in [3.05, 3.63) is 23.9 Å². The summed E-state index contributed by atoms with van der Waals surface area (Å²) in [5.41, 5.74) is 0.629. The van der Waals surface area contributed by atoms with Crippen LogP contribution in [0.4, 0.5) is 5.82 Å². The summed E-state index contributed by atoms with van der Waals surface area (Å²) in [6.07, 6.45) is 1.31. The van der Waals surface area contributed by atoms with Crippen LogP contribution in [0.1, 0.15) is 17.3 Å². The molecule has 1 aliphatic heterocycles. The van der Waals surface area contributed by atoms with Crippen LogP contribution in [0.5, 0.6) is 0 Å². The standard InChI is InChI=1S/C15H24N4O2/c1-12(20)11-18-6-8-19(9-7-18)15(21)13-4-5-14(16-10-13)17(2)3/h4-5,10,12,20H,6-9,11H2,1-3H3/t12-/m1/s1. The number of carbonyl (C=O) groups is 1. The molecule has 116 valence electrons. The van der Waals surface area contributed by atoms with Gasteiger partial charge in [-0.25, -0.2) is 4.98 Å². The largest absolute Gasteiger partial charge is 0.392 e. The second kappa shape index (κ2) is 6.87. The van der Waals surface area contributed by atoms with Crippen LogP contribution in [0.3, 0.4) is 0 Å². The maximum atomic E-state index is 12.4. The number of hydrogen-bond acceptors (Lipinski definition) is 5. The maximum Gasteiger partial charge on any atom is 0.255 e. The van der Waals surface area contributed by atoms with Crippen molar-refractivity contribution in [2.75, 3.05) is 51.7 Å². The lowest BCUT2D eigenvalue weighted by molar-refractivity contribution is 0.0554. The van der Waals surface area contributed by atoms with Crippen molar-refractivity contribution in [1.82, 2.24) is 14.8 Å². The van der Waals surface area contributed by atoms with Crippen LogP contribution in [0, 0.1) is 0 Å². The molecule has 1 amide bonds. The maximum absolute atomic E-state index is 12.4. The van der Waals surface area contributed by atoms with Gasteiger partial charge < -0.3 is 14.9 Å². The summed E-state index contributed by atoms with van der Waals surface area (Å²) >= 11 is 0. The van der Waals surface area contributed by atoms with E-state index in [1.807, 2.05) is 36.0 Å². The van der Waals surface area contributed by atoms with E-state index >= 15 is 0 Å². The Balaban J connectivity index is 1.92. The van der Waals surface area contributed by atoms with E-state index in [0.29, 0.717) is 25.2 Å². The van der Waals surface area contributed by atoms with Crippen molar-refractivity contribution in [3.8, 4) is 0 Å². The second-order valence-corrected chi connectivity index (χ2v) is 5.74. The number of anilines is 1. The number of hydrogen-bond donors (Lipinski definition) is 1. The average molecular weight is 292 g/mol. The SMILES string of the molecule is C[C@@H](O)CN1CCN(C(=O)c2ccc(N(C)C)nc2)CC1. The Morgan fingerprint density at radius 3 is 2.48 bits per heavy atom. The third-order valence-corrected chi connectivity index (χ3v) is 3.63. The van der Waals surface area contributed by atoms with Crippen LogP contribution >= 0.6 is 0 Å². The van der Waals surface area contributed by atoms with Crippen molar-refractivity contribution >= 4 is 11.7 Å². The number of aliphatic hydroxyl groups excluding tert-OH is 1. The molecular formula is C15H24N4O2. The van der Waals surface area contributed by atoms with Crippen molar-refractivity contribution in [1.29, 1.82) is 0 Å². The summed E-state index contributed by atoms with van der Waals surface area (Å²) in [7, 11) is 3.84. The lowest BCUT2D eigenvalue weighted by Crippen LogP contribution is -2.50. The Labute approximate surface area is 126 Å². The number of β-amino-alcohol motifs (C(OH)–C–C–N with tert-alkyl or cyclic N) is 1. The molecule has 1 atom stereocenters. The van der Waals surface area contributed by atoms with E-state index in [2.05, 4.69) is 9.88 Å². The van der Waals surface area contributed by atoms with Gasteiger partial charge in [0.05, 0.1) is 11.7 Å². The van der Waals surface area contributed by atoms with Gasteiger partial charge in [0, 0.05) is 53.0 Å². The van der Waals surface area contributed by atoms with Crippen molar-refractivity contribution in [2.24, 2.45) is 0 Å². The summed E-state index contributed by atoms with van der Waals surface area (Å²) in [5.74, 6) is 0.873. The molecule has 6 heteroatoms. The van der Waals surface area contributed by atoms with Gasteiger partial charge in [0.1, 0.15) is 5.82 Å². The smallest absolute Gasteiger partial charge is 0.255 e. The molecule has 0 unspecified atom stereocenters. The molecule has 0 aliphatic carbocycles. The molecule has 2 rings (SSSR count). The summed E-state index contributed by atoms with van der Waals surface area (Å²) in [5, 5.41) is 9.39. The minimum absolute atomic E-state index is 0.0319. The third kappa shape index (κ3) is 4.15. The van der Waals surface area contributed by atoms with E-state index in [-0.39, 0.29) is 12.0 Å². The van der Waals surface area contributed by atoms with Crippen molar-refractivity contribution in [2.45, 2.75) is 13.0 Å². The number of aromatic nitrogens is 1. The lowest BCUT2D eigenvalue weighted by atomic mass is 10.2. The Hall–Kier alpha value is -1.66. The van der Waals surface area contributed by atoms with Gasteiger partial charge in [0.2, 0.25) is 0 Å². The van der Waals surface area contributed by atoms with Gasteiger partial charge in [-0.15, -0.1) is 0 Å². The quantitative estimate of drug-likeness (QED) is 0.864. The first-order valence-electron chi connectivity index (χ1n) is 7.30. The van der Waals surface area contributed by atoms with E-state index < -0.39 is 0 Å². The molecule has 1 N–H and O–H groups in total. The predicted octanol–water partition coefficient (Wildman–Crippen LogP) is 0.286. The minimum Gasteiger partial charge on any atom is -0.392 e. The fraction of sp³-hybridized carbons (Fsp3) is 0.600. The zero-order chi connectivity index (χ0) is 15.4. The number of aliphatic hydroxyl groups is 1. The topological polar surface area (TPSA) is 59.9 Å². The highest BCUT2D eigenvalue weighted by Crippen LogP contribution is 2.12. The number of rotatable bonds is 4. The molecule has 0 spiro atoms. The molecule has 0 radical (unpaired) electrons. The summed E-state index contributed by atoms with van der Waals surface area (Å²) in [4.78, 5) is 22.6. The molecule has 0 bridgehead atoms. The number of nitrogens with zero attached hydrogens (tertiary/aromatic N) is 4. The molecular weight excluding hydrogens is 268 g/mol. The Morgan fingerprint density at radius 2 is 2.00 bits per heavy atom. The van der Waals surface area contributed by atoms with Crippen molar-refractivity contribution < 1.29 is 9.90 Å². The number of piperazine rings is 1. The van der Waals surface area contributed by atoms with Crippen LogP contribution in [0.25, 0.3) is 0 Å². The van der Waals surface area contributed by atoms with Gasteiger partial charge in [0.15, 0.2) is 0 Å². The second-order valence-electron chi connectivity index (χ2n) is 5.74. The molecule has 1 aromatic heterocycles. The fourth-order valence-electron chi connectivity index (χ4n) is 2.47. The van der Waals surface area contributed by atoms with Gasteiger partial charge in [-0.05, 0) is 19.1 Å².